The van der Waals surface area contributed by atoms with Crippen LogP contribution in [-0.2, 0) is 21.6 Å². The Bertz CT molecular complexity index is 820. The van der Waals surface area contributed by atoms with Gasteiger partial charge < -0.3 is 10.1 Å². The van der Waals surface area contributed by atoms with E-state index in [2.05, 4.69) is 5.32 Å². The Morgan fingerprint density at radius 1 is 1.15 bits per heavy atom. The topological polar surface area (TPSA) is 38.3 Å². The van der Waals surface area contributed by atoms with Gasteiger partial charge in [0.1, 0.15) is 5.60 Å². The first kappa shape index (κ1) is 19.4. The van der Waals surface area contributed by atoms with Crippen LogP contribution in [0.15, 0.2) is 48.5 Å². The predicted octanol–water partition coefficient (Wildman–Crippen LogP) is 4.30. The summed E-state index contributed by atoms with van der Waals surface area (Å²) in [7, 11) is 0. The predicted molar refractivity (Wildman–Crippen MR) is 96.5 cm³/mol. The third kappa shape index (κ3) is 4.16. The maximum Gasteiger partial charge on any atom is 0.490 e. The lowest BCUT2D eigenvalue weighted by Crippen LogP contribution is -2.42. The fraction of sp³-hybridized carbons (Fsp3) is 0.381. The largest absolute Gasteiger partial charge is 0.490 e. The van der Waals surface area contributed by atoms with Gasteiger partial charge in [0.2, 0.25) is 0 Å². The Morgan fingerprint density at radius 2 is 1.85 bits per heavy atom. The molecular formula is C21H22F3NO2. The Kier molecular flexibility index (Phi) is 5.29. The van der Waals surface area contributed by atoms with Crippen LogP contribution in [0.25, 0.3) is 0 Å². The molecule has 0 aliphatic carbocycles. The summed E-state index contributed by atoms with van der Waals surface area (Å²) < 4.78 is 43.3. The first-order chi connectivity index (χ1) is 12.7. The third-order valence-corrected chi connectivity index (χ3v) is 5.09. The van der Waals surface area contributed by atoms with Crippen LogP contribution in [0.5, 0.6) is 0 Å². The molecule has 2 aromatic rings. The molecule has 144 valence electrons. The molecule has 1 aliphatic rings. The average Bonchev–Trinajstić information content (AvgIpc) is 2.80. The Balaban J connectivity index is 2.00. The molecule has 0 bridgehead atoms. The first-order valence-corrected chi connectivity index (χ1v) is 8.90. The van der Waals surface area contributed by atoms with E-state index in [0.29, 0.717) is 18.5 Å². The average molecular weight is 377 g/mol. The molecule has 3 rings (SSSR count). The minimum atomic E-state index is -5.02. The summed E-state index contributed by atoms with van der Waals surface area (Å²) in [5.41, 5.74) is 2.21. The lowest BCUT2D eigenvalue weighted by Gasteiger charge is -2.31. The molecule has 2 atom stereocenters. The number of rotatable bonds is 3. The van der Waals surface area contributed by atoms with Gasteiger partial charge in [0.05, 0.1) is 0 Å². The minimum Gasteiger partial charge on any atom is -0.446 e. The van der Waals surface area contributed by atoms with Crippen molar-refractivity contribution in [3.05, 3.63) is 70.8 Å². The van der Waals surface area contributed by atoms with Crippen LogP contribution in [-0.4, -0.2) is 25.2 Å². The van der Waals surface area contributed by atoms with Crippen LogP contribution < -0.4 is 5.32 Å². The number of ether oxygens (including phenoxy) is 1. The number of carbonyl (C=O) groups is 1. The van der Waals surface area contributed by atoms with E-state index in [1.165, 1.54) is 6.92 Å². The summed E-state index contributed by atoms with van der Waals surface area (Å²) in [6.07, 6.45) is -4.36. The fourth-order valence-corrected chi connectivity index (χ4v) is 3.51. The number of hydrogen-bond donors (Lipinski definition) is 1. The smallest absolute Gasteiger partial charge is 0.446 e. The number of benzene rings is 2. The molecule has 2 unspecified atom stereocenters. The molecule has 3 nitrogen and oxygen atoms in total. The fourth-order valence-electron chi connectivity index (χ4n) is 3.51. The summed E-state index contributed by atoms with van der Waals surface area (Å²) in [4.78, 5) is 11.5. The monoisotopic (exact) mass is 377 g/mol. The van der Waals surface area contributed by atoms with Crippen LogP contribution in [0.2, 0.25) is 0 Å². The van der Waals surface area contributed by atoms with Crippen molar-refractivity contribution < 1.29 is 22.7 Å². The van der Waals surface area contributed by atoms with E-state index in [1.54, 1.807) is 0 Å². The SMILES string of the molecule is CC(c1ccccc1)c1ccc2c(c1)C(C)(OC(=O)C(F)(F)F)CNCC2. The van der Waals surface area contributed by atoms with Crippen LogP contribution in [0.4, 0.5) is 13.2 Å². The van der Waals surface area contributed by atoms with Gasteiger partial charge in [-0.1, -0.05) is 55.5 Å². The lowest BCUT2D eigenvalue weighted by atomic mass is 9.85. The van der Waals surface area contributed by atoms with Gasteiger partial charge in [-0.15, -0.1) is 0 Å². The van der Waals surface area contributed by atoms with Gasteiger partial charge in [0.25, 0.3) is 0 Å². The summed E-state index contributed by atoms with van der Waals surface area (Å²) in [6, 6.07) is 15.7. The normalized spacial score (nSPS) is 21.1. The maximum absolute atomic E-state index is 12.8. The number of hydrogen-bond acceptors (Lipinski definition) is 3. The zero-order valence-electron chi connectivity index (χ0n) is 15.3. The van der Waals surface area contributed by atoms with Crippen molar-refractivity contribution in [3.8, 4) is 0 Å². The third-order valence-electron chi connectivity index (χ3n) is 5.09. The number of fused-ring (bicyclic) bond motifs is 1. The van der Waals surface area contributed by atoms with Crippen LogP contribution in [0, 0.1) is 0 Å². The number of alkyl halides is 3. The highest BCUT2D eigenvalue weighted by Gasteiger charge is 2.46. The van der Waals surface area contributed by atoms with Gasteiger partial charge in [0, 0.05) is 18.0 Å². The number of carbonyl (C=O) groups excluding carboxylic acids is 1. The van der Waals surface area contributed by atoms with Gasteiger partial charge in [-0.25, -0.2) is 4.79 Å². The molecule has 0 saturated carbocycles. The number of esters is 1. The van der Waals surface area contributed by atoms with Crippen molar-refractivity contribution in [2.75, 3.05) is 13.1 Å². The van der Waals surface area contributed by atoms with Crippen LogP contribution >= 0.6 is 0 Å². The molecule has 1 heterocycles. The van der Waals surface area contributed by atoms with Gasteiger partial charge in [-0.05, 0) is 36.6 Å². The van der Waals surface area contributed by atoms with Crippen molar-refractivity contribution in [2.24, 2.45) is 0 Å². The second kappa shape index (κ2) is 7.35. The van der Waals surface area contributed by atoms with Gasteiger partial charge in [-0.3, -0.25) is 0 Å². The van der Waals surface area contributed by atoms with E-state index < -0.39 is 17.7 Å². The Labute approximate surface area is 156 Å². The molecule has 2 aromatic carbocycles. The minimum absolute atomic E-state index is 0.0651. The Hall–Kier alpha value is -2.34. The van der Waals surface area contributed by atoms with Crippen molar-refractivity contribution in [1.29, 1.82) is 0 Å². The maximum atomic E-state index is 12.8. The first-order valence-electron chi connectivity index (χ1n) is 8.90. The second-order valence-electron chi connectivity index (χ2n) is 7.09. The van der Waals surface area contributed by atoms with Crippen molar-refractivity contribution in [1.82, 2.24) is 5.32 Å². The standard InChI is InChI=1S/C21H22F3NO2/c1-14(15-6-4-3-5-7-15)17-9-8-16-10-11-25-13-20(2,18(16)12-17)27-19(26)21(22,23)24/h3-9,12,14,25H,10-11,13H2,1-2H3. The van der Waals surface area contributed by atoms with Crippen molar-refractivity contribution >= 4 is 5.97 Å². The molecule has 0 saturated heterocycles. The summed E-state index contributed by atoms with van der Waals surface area (Å²) >= 11 is 0. The second-order valence-corrected chi connectivity index (χ2v) is 7.09. The summed E-state index contributed by atoms with van der Waals surface area (Å²) in [6.45, 7) is 4.32. The molecule has 1 N–H and O–H groups in total. The highest BCUT2D eigenvalue weighted by atomic mass is 19.4. The molecular weight excluding hydrogens is 355 g/mol. The molecule has 0 spiro atoms. The molecule has 1 aliphatic heterocycles. The van der Waals surface area contributed by atoms with Crippen molar-refractivity contribution in [3.63, 3.8) is 0 Å². The molecule has 0 aromatic heterocycles. The van der Waals surface area contributed by atoms with Gasteiger partial charge in [-0.2, -0.15) is 13.2 Å². The van der Waals surface area contributed by atoms with E-state index in [1.807, 2.05) is 55.5 Å². The van der Waals surface area contributed by atoms with Crippen LogP contribution in [0.3, 0.4) is 0 Å². The number of halogens is 3. The van der Waals surface area contributed by atoms with E-state index in [4.69, 9.17) is 4.74 Å². The summed E-state index contributed by atoms with van der Waals surface area (Å²) in [5.74, 6) is -2.10. The Morgan fingerprint density at radius 3 is 2.52 bits per heavy atom. The zero-order valence-corrected chi connectivity index (χ0v) is 15.3. The van der Waals surface area contributed by atoms with Gasteiger partial charge >= 0.3 is 12.1 Å². The zero-order chi connectivity index (χ0) is 19.7. The van der Waals surface area contributed by atoms with E-state index >= 15 is 0 Å². The van der Waals surface area contributed by atoms with E-state index in [-0.39, 0.29) is 12.5 Å². The highest BCUT2D eigenvalue weighted by Crippen LogP contribution is 2.35. The van der Waals surface area contributed by atoms with E-state index in [9.17, 15) is 18.0 Å². The molecule has 27 heavy (non-hydrogen) atoms. The van der Waals surface area contributed by atoms with E-state index in [0.717, 1.165) is 16.7 Å². The molecule has 6 heteroatoms. The highest BCUT2D eigenvalue weighted by molar-refractivity contribution is 5.76. The lowest BCUT2D eigenvalue weighted by molar-refractivity contribution is -0.213. The van der Waals surface area contributed by atoms with Crippen molar-refractivity contribution in [2.45, 2.75) is 38.0 Å². The summed E-state index contributed by atoms with van der Waals surface area (Å²) in [5, 5.41) is 3.08. The quantitative estimate of drug-likeness (QED) is 0.811. The molecule has 0 amide bonds. The molecule has 0 radical (unpaired) electrons. The molecule has 0 fully saturated rings. The van der Waals surface area contributed by atoms with Crippen LogP contribution in [0.1, 0.15) is 42.0 Å². The number of nitrogens with one attached hydrogen (secondary N) is 1. The van der Waals surface area contributed by atoms with Gasteiger partial charge in [0.15, 0.2) is 0 Å².